The lowest BCUT2D eigenvalue weighted by Crippen LogP contribution is -2.34. The van der Waals surface area contributed by atoms with Crippen molar-refractivity contribution in [2.45, 2.75) is 36.5 Å². The molecule has 0 radical (unpaired) electrons. The lowest BCUT2D eigenvalue weighted by atomic mass is 10.1. The smallest absolute Gasteiger partial charge is 0.0543 e. The van der Waals surface area contributed by atoms with Gasteiger partial charge in [0, 0.05) is 22.9 Å². The minimum atomic E-state index is 0.756. The first-order valence-corrected chi connectivity index (χ1v) is 8.53. The third-order valence-electron chi connectivity index (χ3n) is 3.94. The molecule has 2 aromatic rings. The van der Waals surface area contributed by atoms with Crippen LogP contribution in [-0.2, 0) is 6.54 Å². The van der Waals surface area contributed by atoms with Crippen molar-refractivity contribution in [2.75, 3.05) is 13.1 Å². The van der Waals surface area contributed by atoms with Crippen LogP contribution >= 0.6 is 11.8 Å². The number of hydrogen-bond acceptors (Lipinski definition) is 3. The molecule has 0 atom stereocenters. The highest BCUT2D eigenvalue weighted by molar-refractivity contribution is 8.00. The summed E-state index contributed by atoms with van der Waals surface area (Å²) in [7, 11) is 0. The highest BCUT2D eigenvalue weighted by Gasteiger charge is 2.20. The van der Waals surface area contributed by atoms with Crippen LogP contribution in [0.3, 0.4) is 0 Å². The molecule has 1 saturated heterocycles. The van der Waals surface area contributed by atoms with Gasteiger partial charge >= 0.3 is 0 Å². The summed E-state index contributed by atoms with van der Waals surface area (Å²) in [5, 5.41) is 0.756. The predicted molar refractivity (Wildman–Crippen MR) is 89.6 cm³/mol. The number of pyridine rings is 1. The first-order chi connectivity index (χ1) is 10.3. The average molecular weight is 298 g/mol. The van der Waals surface area contributed by atoms with E-state index in [1.807, 2.05) is 24.0 Å². The molecule has 1 aromatic heterocycles. The maximum Gasteiger partial charge on any atom is 0.0543 e. The van der Waals surface area contributed by atoms with E-state index >= 15 is 0 Å². The van der Waals surface area contributed by atoms with Gasteiger partial charge in [-0.2, -0.15) is 0 Å². The Morgan fingerprint density at radius 3 is 2.71 bits per heavy atom. The van der Waals surface area contributed by atoms with Crippen LogP contribution in [0.4, 0.5) is 0 Å². The number of nitrogens with zero attached hydrogens (tertiary/aromatic N) is 2. The maximum absolute atomic E-state index is 4.42. The molecule has 21 heavy (non-hydrogen) atoms. The standard InChI is InChI=1S/C18H22N2S/c1-15-5-4-7-18(13-15)21-17-8-11-20(12-9-17)14-16-6-2-3-10-19-16/h2-7,10,13,17H,8-9,11-12,14H2,1H3. The van der Waals surface area contributed by atoms with Gasteiger partial charge < -0.3 is 0 Å². The van der Waals surface area contributed by atoms with Gasteiger partial charge in [-0.15, -0.1) is 11.8 Å². The Bertz CT molecular complexity index is 562. The number of benzene rings is 1. The van der Waals surface area contributed by atoms with Gasteiger partial charge in [0.15, 0.2) is 0 Å². The molecule has 1 aliphatic heterocycles. The van der Waals surface area contributed by atoms with Gasteiger partial charge in [0.1, 0.15) is 0 Å². The Hall–Kier alpha value is -1.32. The molecule has 0 amide bonds. The van der Waals surface area contributed by atoms with Crippen molar-refractivity contribution in [3.63, 3.8) is 0 Å². The molecule has 1 fully saturated rings. The third-order valence-corrected chi connectivity index (χ3v) is 5.27. The third kappa shape index (κ3) is 4.32. The van der Waals surface area contributed by atoms with E-state index in [0.29, 0.717) is 0 Å². The van der Waals surface area contributed by atoms with Gasteiger partial charge in [0.05, 0.1) is 5.69 Å². The summed E-state index contributed by atoms with van der Waals surface area (Å²) in [6.45, 7) is 5.52. The molecule has 0 spiro atoms. The molecule has 0 N–H and O–H groups in total. The fraction of sp³-hybridized carbons (Fsp3) is 0.389. The molecule has 2 nitrogen and oxygen atoms in total. The number of rotatable bonds is 4. The largest absolute Gasteiger partial charge is 0.297 e. The molecule has 0 bridgehead atoms. The lowest BCUT2D eigenvalue weighted by molar-refractivity contribution is 0.222. The fourth-order valence-corrected chi connectivity index (χ4v) is 4.03. The number of thioether (sulfide) groups is 1. The zero-order chi connectivity index (χ0) is 14.5. The van der Waals surface area contributed by atoms with Gasteiger partial charge in [-0.1, -0.05) is 23.8 Å². The molecule has 0 aliphatic carbocycles. The number of aromatic nitrogens is 1. The Balaban J connectivity index is 1.49. The van der Waals surface area contributed by atoms with Crippen LogP contribution in [0, 0.1) is 6.92 Å². The van der Waals surface area contributed by atoms with Crippen LogP contribution in [0.25, 0.3) is 0 Å². The van der Waals surface area contributed by atoms with E-state index < -0.39 is 0 Å². The van der Waals surface area contributed by atoms with Gasteiger partial charge in [-0.25, -0.2) is 0 Å². The number of aryl methyl sites for hydroxylation is 1. The van der Waals surface area contributed by atoms with Crippen molar-refractivity contribution in [1.82, 2.24) is 9.88 Å². The van der Waals surface area contributed by atoms with Crippen LogP contribution in [-0.4, -0.2) is 28.2 Å². The van der Waals surface area contributed by atoms with Crippen LogP contribution in [0.2, 0.25) is 0 Å². The highest BCUT2D eigenvalue weighted by Crippen LogP contribution is 2.31. The normalized spacial score (nSPS) is 17.0. The first kappa shape index (κ1) is 14.6. The molecule has 3 heteroatoms. The molecular formula is C18H22N2S. The second-order valence-corrected chi connectivity index (χ2v) is 7.10. The minimum absolute atomic E-state index is 0.756. The van der Waals surface area contributed by atoms with Crippen LogP contribution in [0.15, 0.2) is 53.6 Å². The van der Waals surface area contributed by atoms with E-state index in [0.717, 1.165) is 11.8 Å². The topological polar surface area (TPSA) is 16.1 Å². The van der Waals surface area contributed by atoms with Crippen molar-refractivity contribution in [3.8, 4) is 0 Å². The number of hydrogen-bond donors (Lipinski definition) is 0. The van der Waals surface area contributed by atoms with Crippen molar-refractivity contribution in [3.05, 3.63) is 59.9 Å². The second kappa shape index (κ2) is 7.10. The Kier molecular flexibility index (Phi) is 4.94. The predicted octanol–water partition coefficient (Wildman–Crippen LogP) is 4.15. The van der Waals surface area contributed by atoms with E-state index in [2.05, 4.69) is 53.2 Å². The molecule has 1 aliphatic rings. The van der Waals surface area contributed by atoms with Crippen LogP contribution in [0.1, 0.15) is 24.1 Å². The molecular weight excluding hydrogens is 276 g/mol. The Morgan fingerprint density at radius 2 is 2.00 bits per heavy atom. The quantitative estimate of drug-likeness (QED) is 0.843. The summed E-state index contributed by atoms with van der Waals surface area (Å²) < 4.78 is 0. The zero-order valence-corrected chi connectivity index (χ0v) is 13.4. The number of piperidine rings is 1. The van der Waals surface area contributed by atoms with E-state index in [1.54, 1.807) is 0 Å². The zero-order valence-electron chi connectivity index (χ0n) is 12.5. The molecule has 0 saturated carbocycles. The molecule has 3 rings (SSSR count). The maximum atomic E-state index is 4.42. The summed E-state index contributed by atoms with van der Waals surface area (Å²) in [6, 6.07) is 15.0. The summed E-state index contributed by atoms with van der Waals surface area (Å²) in [6.07, 6.45) is 4.42. The Morgan fingerprint density at radius 1 is 1.14 bits per heavy atom. The fourth-order valence-electron chi connectivity index (χ4n) is 2.79. The van der Waals surface area contributed by atoms with Gasteiger partial charge in [0.2, 0.25) is 0 Å². The average Bonchev–Trinajstić information content (AvgIpc) is 2.50. The van der Waals surface area contributed by atoms with E-state index in [-0.39, 0.29) is 0 Å². The van der Waals surface area contributed by atoms with E-state index in [4.69, 9.17) is 0 Å². The monoisotopic (exact) mass is 298 g/mol. The number of likely N-dealkylation sites (tertiary alicyclic amines) is 1. The summed E-state index contributed by atoms with van der Waals surface area (Å²) in [5.41, 5.74) is 2.54. The van der Waals surface area contributed by atoms with Gasteiger partial charge in [0.25, 0.3) is 0 Å². The minimum Gasteiger partial charge on any atom is -0.297 e. The summed E-state index contributed by atoms with van der Waals surface area (Å²) >= 11 is 2.04. The van der Waals surface area contributed by atoms with E-state index in [9.17, 15) is 0 Å². The molecule has 0 unspecified atom stereocenters. The van der Waals surface area contributed by atoms with Crippen molar-refractivity contribution in [2.24, 2.45) is 0 Å². The summed E-state index contributed by atoms with van der Waals surface area (Å²) in [5.74, 6) is 0. The van der Waals surface area contributed by atoms with Crippen molar-refractivity contribution in [1.29, 1.82) is 0 Å². The second-order valence-electron chi connectivity index (χ2n) is 5.73. The molecule has 110 valence electrons. The van der Waals surface area contributed by atoms with Gasteiger partial charge in [-0.05, 0) is 57.1 Å². The van der Waals surface area contributed by atoms with Crippen molar-refractivity contribution >= 4 is 11.8 Å². The Labute approximate surface area is 131 Å². The van der Waals surface area contributed by atoms with Crippen molar-refractivity contribution < 1.29 is 0 Å². The first-order valence-electron chi connectivity index (χ1n) is 7.65. The molecule has 2 heterocycles. The van der Waals surface area contributed by atoms with Crippen LogP contribution < -0.4 is 0 Å². The SMILES string of the molecule is Cc1cccc(SC2CCN(Cc3ccccn3)CC2)c1. The van der Waals surface area contributed by atoms with Gasteiger partial charge in [-0.3, -0.25) is 9.88 Å². The van der Waals surface area contributed by atoms with Crippen LogP contribution in [0.5, 0.6) is 0 Å². The highest BCUT2D eigenvalue weighted by atomic mass is 32.2. The summed E-state index contributed by atoms with van der Waals surface area (Å²) in [4.78, 5) is 8.36. The van der Waals surface area contributed by atoms with E-state index in [1.165, 1.54) is 42.1 Å². The lowest BCUT2D eigenvalue weighted by Gasteiger charge is -2.31. The molecule has 1 aromatic carbocycles.